The van der Waals surface area contributed by atoms with Crippen molar-refractivity contribution in [3.63, 3.8) is 0 Å². The zero-order valence-corrected chi connectivity index (χ0v) is 18.5. The monoisotopic (exact) mass is 445 g/mol. The van der Waals surface area contributed by atoms with Gasteiger partial charge in [-0.2, -0.15) is 0 Å². The summed E-state index contributed by atoms with van der Waals surface area (Å²) >= 11 is 0. The SMILES string of the molecule is COc1ccc(OC)c(N2CC(c3nc4ccccc4n3Cc3ccccc3F)CC2=O)c1. The number of hydrogen-bond donors (Lipinski definition) is 0. The quantitative estimate of drug-likeness (QED) is 0.429. The highest BCUT2D eigenvalue weighted by Crippen LogP contribution is 2.39. The Morgan fingerprint density at radius 3 is 2.61 bits per heavy atom. The molecular weight excluding hydrogens is 421 g/mol. The van der Waals surface area contributed by atoms with Crippen molar-refractivity contribution >= 4 is 22.6 Å². The van der Waals surface area contributed by atoms with Crippen LogP contribution in [0, 0.1) is 5.82 Å². The molecule has 0 saturated carbocycles. The fraction of sp³-hybridized carbons (Fsp3) is 0.231. The Kier molecular flexibility index (Phi) is 5.46. The van der Waals surface area contributed by atoms with Gasteiger partial charge in [-0.1, -0.05) is 30.3 Å². The maximum atomic E-state index is 14.5. The summed E-state index contributed by atoms with van der Waals surface area (Å²) in [6, 6.07) is 19.9. The van der Waals surface area contributed by atoms with E-state index < -0.39 is 0 Å². The molecule has 1 atom stereocenters. The van der Waals surface area contributed by atoms with Gasteiger partial charge in [0.15, 0.2) is 0 Å². The summed E-state index contributed by atoms with van der Waals surface area (Å²) in [6.45, 7) is 0.790. The van der Waals surface area contributed by atoms with E-state index in [2.05, 4.69) is 0 Å². The van der Waals surface area contributed by atoms with E-state index in [1.807, 2.05) is 34.9 Å². The lowest BCUT2D eigenvalue weighted by atomic mass is 10.1. The lowest BCUT2D eigenvalue weighted by molar-refractivity contribution is -0.117. The van der Waals surface area contributed by atoms with Crippen LogP contribution in [0.1, 0.15) is 23.7 Å². The van der Waals surface area contributed by atoms with Crippen LogP contribution in [-0.4, -0.2) is 36.2 Å². The molecule has 1 fully saturated rings. The molecule has 1 aromatic heterocycles. The number of imidazole rings is 1. The van der Waals surface area contributed by atoms with Gasteiger partial charge in [0.05, 0.1) is 37.5 Å². The summed E-state index contributed by atoms with van der Waals surface area (Å²) in [5.74, 6) is 1.60. The van der Waals surface area contributed by atoms with Crippen molar-refractivity contribution < 1.29 is 18.7 Å². The molecule has 168 valence electrons. The first-order valence-electron chi connectivity index (χ1n) is 10.8. The first kappa shape index (κ1) is 21.0. The molecule has 0 radical (unpaired) electrons. The smallest absolute Gasteiger partial charge is 0.227 e. The Hall–Kier alpha value is -3.87. The number of methoxy groups -OCH3 is 2. The predicted octanol–water partition coefficient (Wildman–Crippen LogP) is 4.76. The molecule has 6 nitrogen and oxygen atoms in total. The number of benzene rings is 3. The molecular formula is C26H24FN3O3. The van der Waals surface area contributed by atoms with E-state index in [0.29, 0.717) is 42.3 Å². The summed E-state index contributed by atoms with van der Waals surface area (Å²) in [5, 5.41) is 0. The zero-order chi connectivity index (χ0) is 22.9. The maximum absolute atomic E-state index is 14.5. The van der Waals surface area contributed by atoms with E-state index in [-0.39, 0.29) is 17.6 Å². The Morgan fingerprint density at radius 2 is 1.82 bits per heavy atom. The van der Waals surface area contributed by atoms with Crippen LogP contribution in [0.5, 0.6) is 11.5 Å². The zero-order valence-electron chi connectivity index (χ0n) is 18.5. The number of carbonyl (C=O) groups is 1. The minimum Gasteiger partial charge on any atom is -0.497 e. The van der Waals surface area contributed by atoms with Gasteiger partial charge in [-0.05, 0) is 30.3 Å². The molecule has 0 bridgehead atoms. The fourth-order valence-electron chi connectivity index (χ4n) is 4.49. The topological polar surface area (TPSA) is 56.6 Å². The summed E-state index contributed by atoms with van der Waals surface area (Å²) < 4.78 is 27.3. The minimum absolute atomic E-state index is 0.0175. The van der Waals surface area contributed by atoms with Gasteiger partial charge in [0, 0.05) is 30.5 Å². The summed E-state index contributed by atoms with van der Waals surface area (Å²) in [7, 11) is 3.17. The highest BCUT2D eigenvalue weighted by molar-refractivity contribution is 5.98. The molecule has 4 aromatic rings. The molecule has 1 unspecified atom stereocenters. The average Bonchev–Trinajstić information content (AvgIpc) is 3.40. The summed E-state index contributed by atoms with van der Waals surface area (Å²) in [5.41, 5.74) is 2.99. The molecule has 0 N–H and O–H groups in total. The lowest BCUT2D eigenvalue weighted by Gasteiger charge is -2.20. The van der Waals surface area contributed by atoms with Crippen molar-refractivity contribution in [2.24, 2.45) is 0 Å². The summed E-state index contributed by atoms with van der Waals surface area (Å²) in [4.78, 5) is 19.7. The van der Waals surface area contributed by atoms with Crippen molar-refractivity contribution in [1.29, 1.82) is 0 Å². The molecule has 33 heavy (non-hydrogen) atoms. The number of para-hydroxylation sites is 2. The Bertz CT molecular complexity index is 1330. The molecule has 2 heterocycles. The number of nitrogens with zero attached hydrogens (tertiary/aromatic N) is 3. The molecule has 3 aromatic carbocycles. The number of fused-ring (bicyclic) bond motifs is 1. The van der Waals surface area contributed by atoms with Crippen molar-refractivity contribution in [2.45, 2.75) is 18.9 Å². The van der Waals surface area contributed by atoms with Gasteiger partial charge in [0.2, 0.25) is 5.91 Å². The van der Waals surface area contributed by atoms with Crippen LogP contribution in [0.3, 0.4) is 0 Å². The number of hydrogen-bond acceptors (Lipinski definition) is 4. The van der Waals surface area contributed by atoms with Crippen LogP contribution in [0.4, 0.5) is 10.1 Å². The van der Waals surface area contributed by atoms with Crippen LogP contribution in [-0.2, 0) is 11.3 Å². The second kappa shape index (κ2) is 8.58. The standard InChI is InChI=1S/C26H24FN3O3/c1-32-19-11-12-24(33-2)23(14-19)29-16-18(13-25(29)31)26-28-21-9-5-6-10-22(21)30(26)15-17-7-3-4-8-20(17)27/h3-12,14,18H,13,15-16H2,1-2H3. The molecule has 1 aliphatic heterocycles. The van der Waals surface area contributed by atoms with Crippen LogP contribution >= 0.6 is 0 Å². The lowest BCUT2D eigenvalue weighted by Crippen LogP contribution is -2.25. The van der Waals surface area contributed by atoms with Gasteiger partial charge in [-0.3, -0.25) is 4.79 Å². The number of anilines is 1. The second-order valence-corrected chi connectivity index (χ2v) is 8.08. The van der Waals surface area contributed by atoms with Gasteiger partial charge in [0.1, 0.15) is 23.1 Å². The first-order valence-corrected chi connectivity index (χ1v) is 10.8. The molecule has 1 amide bonds. The maximum Gasteiger partial charge on any atom is 0.227 e. The summed E-state index contributed by atoms with van der Waals surface area (Å²) in [6.07, 6.45) is 0.307. The molecule has 1 saturated heterocycles. The van der Waals surface area contributed by atoms with E-state index in [4.69, 9.17) is 14.5 Å². The second-order valence-electron chi connectivity index (χ2n) is 8.08. The van der Waals surface area contributed by atoms with Gasteiger partial charge in [0.25, 0.3) is 0 Å². The molecule has 1 aliphatic rings. The van der Waals surface area contributed by atoms with Crippen LogP contribution in [0.25, 0.3) is 11.0 Å². The van der Waals surface area contributed by atoms with Crippen LogP contribution in [0.2, 0.25) is 0 Å². The third-order valence-electron chi connectivity index (χ3n) is 6.14. The fourth-order valence-corrected chi connectivity index (χ4v) is 4.49. The van der Waals surface area contributed by atoms with Gasteiger partial charge in [-0.25, -0.2) is 9.37 Å². The number of amides is 1. The number of ether oxygens (including phenoxy) is 2. The van der Waals surface area contributed by atoms with Gasteiger partial charge in [-0.15, -0.1) is 0 Å². The van der Waals surface area contributed by atoms with Crippen molar-refractivity contribution in [3.8, 4) is 11.5 Å². The average molecular weight is 445 g/mol. The van der Waals surface area contributed by atoms with E-state index in [0.717, 1.165) is 16.9 Å². The Balaban J connectivity index is 1.54. The first-order chi connectivity index (χ1) is 16.1. The molecule has 0 spiro atoms. The Morgan fingerprint density at radius 1 is 1.03 bits per heavy atom. The van der Waals surface area contributed by atoms with Crippen molar-refractivity contribution in [3.05, 3.63) is 83.9 Å². The third kappa shape index (κ3) is 3.80. The van der Waals surface area contributed by atoms with E-state index >= 15 is 0 Å². The predicted molar refractivity (Wildman–Crippen MR) is 124 cm³/mol. The van der Waals surface area contributed by atoms with E-state index in [1.165, 1.54) is 6.07 Å². The Labute approximate surface area is 191 Å². The van der Waals surface area contributed by atoms with Crippen LogP contribution < -0.4 is 14.4 Å². The van der Waals surface area contributed by atoms with Crippen molar-refractivity contribution in [1.82, 2.24) is 9.55 Å². The number of carbonyl (C=O) groups excluding carboxylic acids is 1. The highest BCUT2D eigenvalue weighted by Gasteiger charge is 2.36. The van der Waals surface area contributed by atoms with Crippen LogP contribution in [0.15, 0.2) is 66.7 Å². The number of halogens is 1. The normalized spacial score (nSPS) is 15.9. The third-order valence-corrected chi connectivity index (χ3v) is 6.14. The largest absolute Gasteiger partial charge is 0.497 e. The van der Waals surface area contributed by atoms with Gasteiger partial charge >= 0.3 is 0 Å². The molecule has 7 heteroatoms. The number of rotatable bonds is 6. The number of aromatic nitrogens is 2. The highest BCUT2D eigenvalue weighted by atomic mass is 19.1. The van der Waals surface area contributed by atoms with E-state index in [9.17, 15) is 9.18 Å². The minimum atomic E-state index is -0.258. The van der Waals surface area contributed by atoms with E-state index in [1.54, 1.807) is 49.5 Å². The molecule has 0 aliphatic carbocycles. The van der Waals surface area contributed by atoms with Crippen molar-refractivity contribution in [2.75, 3.05) is 25.7 Å². The van der Waals surface area contributed by atoms with Gasteiger partial charge < -0.3 is 18.9 Å². The molecule has 5 rings (SSSR count).